The molecule has 0 spiro atoms. The number of anilines is 1. The molecule has 0 bridgehead atoms. The van der Waals surface area contributed by atoms with Crippen LogP contribution in [0, 0.1) is 11.3 Å². The summed E-state index contributed by atoms with van der Waals surface area (Å²) in [5, 5.41) is 18.0. The standard InChI is InChI=1S/C13H14N2O2/c1-2-11(8-14)15-6-5-9-7-10(13(16)17)3-4-12(9)15/h3-4,7,11H,2,5-6H2,1H3,(H,16,17). The average molecular weight is 230 g/mol. The number of fused-ring (bicyclic) bond motifs is 1. The third-order valence-corrected chi connectivity index (χ3v) is 3.17. The molecule has 1 unspecified atom stereocenters. The molecular weight excluding hydrogens is 216 g/mol. The van der Waals surface area contributed by atoms with Gasteiger partial charge >= 0.3 is 5.97 Å². The van der Waals surface area contributed by atoms with Crippen molar-refractivity contribution >= 4 is 11.7 Å². The van der Waals surface area contributed by atoms with Gasteiger partial charge in [-0.1, -0.05) is 6.92 Å². The van der Waals surface area contributed by atoms with E-state index in [1.54, 1.807) is 12.1 Å². The molecule has 0 saturated heterocycles. The first-order valence-electron chi connectivity index (χ1n) is 5.69. The van der Waals surface area contributed by atoms with Gasteiger partial charge in [-0.2, -0.15) is 5.26 Å². The molecular formula is C13H14N2O2. The summed E-state index contributed by atoms with van der Waals surface area (Å²) in [6.45, 7) is 2.78. The highest BCUT2D eigenvalue weighted by molar-refractivity contribution is 5.88. The number of benzene rings is 1. The molecule has 0 aliphatic carbocycles. The van der Waals surface area contributed by atoms with Crippen molar-refractivity contribution in [3.05, 3.63) is 29.3 Å². The number of carboxylic acids is 1. The van der Waals surface area contributed by atoms with Crippen LogP contribution in [0.4, 0.5) is 5.69 Å². The van der Waals surface area contributed by atoms with Gasteiger partial charge in [-0.05, 0) is 36.6 Å². The molecule has 4 nitrogen and oxygen atoms in total. The molecule has 1 aliphatic heterocycles. The molecule has 0 fully saturated rings. The second-order valence-corrected chi connectivity index (χ2v) is 4.15. The summed E-state index contributed by atoms with van der Waals surface area (Å²) in [5.74, 6) is -0.904. The lowest BCUT2D eigenvalue weighted by atomic mass is 10.1. The monoisotopic (exact) mass is 230 g/mol. The molecule has 1 aliphatic rings. The van der Waals surface area contributed by atoms with Crippen molar-refractivity contribution in [1.82, 2.24) is 0 Å². The third-order valence-electron chi connectivity index (χ3n) is 3.17. The number of hydrogen-bond donors (Lipinski definition) is 1. The van der Waals surface area contributed by atoms with Crippen molar-refractivity contribution in [3.8, 4) is 6.07 Å². The predicted octanol–water partition coefficient (Wildman–Crippen LogP) is 2.05. The fourth-order valence-corrected chi connectivity index (χ4v) is 2.27. The Morgan fingerprint density at radius 3 is 3.00 bits per heavy atom. The quantitative estimate of drug-likeness (QED) is 0.863. The lowest BCUT2D eigenvalue weighted by Gasteiger charge is -2.23. The van der Waals surface area contributed by atoms with E-state index in [9.17, 15) is 4.79 Å². The molecule has 0 saturated carbocycles. The minimum atomic E-state index is -0.904. The normalized spacial score (nSPS) is 15.2. The van der Waals surface area contributed by atoms with E-state index in [0.29, 0.717) is 5.56 Å². The Bertz CT molecular complexity index is 491. The smallest absolute Gasteiger partial charge is 0.335 e. The van der Waals surface area contributed by atoms with Crippen LogP contribution in [0.15, 0.2) is 18.2 Å². The maximum Gasteiger partial charge on any atom is 0.335 e. The van der Waals surface area contributed by atoms with Gasteiger partial charge in [0.15, 0.2) is 0 Å². The Balaban J connectivity index is 2.34. The number of hydrogen-bond acceptors (Lipinski definition) is 3. The summed E-state index contributed by atoms with van der Waals surface area (Å²) < 4.78 is 0. The number of rotatable bonds is 3. The number of nitriles is 1. The van der Waals surface area contributed by atoms with Crippen LogP contribution in [0.1, 0.15) is 29.3 Å². The van der Waals surface area contributed by atoms with Gasteiger partial charge in [-0.25, -0.2) is 4.79 Å². The van der Waals surface area contributed by atoms with E-state index in [2.05, 4.69) is 11.0 Å². The molecule has 1 aromatic carbocycles. The first-order valence-corrected chi connectivity index (χ1v) is 5.69. The average Bonchev–Trinajstić information content (AvgIpc) is 2.74. The van der Waals surface area contributed by atoms with E-state index in [0.717, 1.165) is 30.6 Å². The Hall–Kier alpha value is -2.02. The summed E-state index contributed by atoms with van der Waals surface area (Å²) in [4.78, 5) is 12.9. The first kappa shape index (κ1) is 11.5. The molecule has 0 amide bonds. The van der Waals surface area contributed by atoms with Crippen LogP contribution in [0.2, 0.25) is 0 Å². The highest BCUT2D eigenvalue weighted by atomic mass is 16.4. The molecule has 1 N–H and O–H groups in total. The number of nitrogens with zero attached hydrogens (tertiary/aromatic N) is 2. The largest absolute Gasteiger partial charge is 0.478 e. The maximum atomic E-state index is 10.9. The van der Waals surface area contributed by atoms with Crippen molar-refractivity contribution in [1.29, 1.82) is 5.26 Å². The summed E-state index contributed by atoms with van der Waals surface area (Å²) in [7, 11) is 0. The van der Waals surface area contributed by atoms with E-state index in [4.69, 9.17) is 10.4 Å². The van der Waals surface area contributed by atoms with Crippen molar-refractivity contribution < 1.29 is 9.90 Å². The third kappa shape index (κ3) is 1.96. The van der Waals surface area contributed by atoms with Gasteiger partial charge < -0.3 is 10.0 Å². The van der Waals surface area contributed by atoms with E-state index in [-0.39, 0.29) is 6.04 Å². The zero-order valence-electron chi connectivity index (χ0n) is 9.68. The zero-order valence-corrected chi connectivity index (χ0v) is 9.68. The Morgan fingerprint density at radius 1 is 1.65 bits per heavy atom. The van der Waals surface area contributed by atoms with Crippen LogP contribution in [-0.2, 0) is 6.42 Å². The molecule has 1 aromatic rings. The van der Waals surface area contributed by atoms with E-state index in [1.165, 1.54) is 0 Å². The van der Waals surface area contributed by atoms with E-state index < -0.39 is 5.97 Å². The van der Waals surface area contributed by atoms with Crippen LogP contribution < -0.4 is 4.90 Å². The predicted molar refractivity (Wildman–Crippen MR) is 64.1 cm³/mol. The topological polar surface area (TPSA) is 64.3 Å². The van der Waals surface area contributed by atoms with Gasteiger partial charge in [-0.15, -0.1) is 0 Å². The van der Waals surface area contributed by atoms with Crippen molar-refractivity contribution in [3.63, 3.8) is 0 Å². The van der Waals surface area contributed by atoms with E-state index in [1.807, 2.05) is 13.0 Å². The summed E-state index contributed by atoms with van der Waals surface area (Å²) in [5.41, 5.74) is 2.35. The van der Waals surface area contributed by atoms with Gasteiger partial charge in [0.2, 0.25) is 0 Å². The van der Waals surface area contributed by atoms with Crippen LogP contribution in [0.25, 0.3) is 0 Å². The highest BCUT2D eigenvalue weighted by Crippen LogP contribution is 2.31. The van der Waals surface area contributed by atoms with E-state index >= 15 is 0 Å². The molecule has 0 radical (unpaired) electrons. The molecule has 2 rings (SSSR count). The van der Waals surface area contributed by atoms with Gasteiger partial charge in [0, 0.05) is 12.2 Å². The maximum absolute atomic E-state index is 10.9. The Kier molecular flexibility index (Phi) is 3.01. The molecule has 17 heavy (non-hydrogen) atoms. The first-order chi connectivity index (χ1) is 8.17. The number of carbonyl (C=O) groups is 1. The van der Waals surface area contributed by atoms with Crippen molar-refractivity contribution in [2.75, 3.05) is 11.4 Å². The molecule has 0 aromatic heterocycles. The minimum Gasteiger partial charge on any atom is -0.478 e. The Morgan fingerprint density at radius 2 is 2.41 bits per heavy atom. The van der Waals surface area contributed by atoms with Crippen molar-refractivity contribution in [2.45, 2.75) is 25.8 Å². The second kappa shape index (κ2) is 4.46. The van der Waals surface area contributed by atoms with Gasteiger partial charge in [0.05, 0.1) is 11.6 Å². The van der Waals surface area contributed by atoms with Crippen LogP contribution in [-0.4, -0.2) is 23.7 Å². The SMILES string of the molecule is CCC(C#N)N1CCc2cc(C(=O)O)ccc21. The zero-order chi connectivity index (χ0) is 12.4. The summed E-state index contributed by atoms with van der Waals surface area (Å²) in [6, 6.07) is 7.29. The fraction of sp³-hybridized carbons (Fsp3) is 0.385. The summed E-state index contributed by atoms with van der Waals surface area (Å²) in [6.07, 6.45) is 1.59. The van der Waals surface area contributed by atoms with Crippen LogP contribution >= 0.6 is 0 Å². The molecule has 4 heteroatoms. The molecule has 88 valence electrons. The highest BCUT2D eigenvalue weighted by Gasteiger charge is 2.25. The van der Waals surface area contributed by atoms with Gasteiger partial charge in [0.25, 0.3) is 0 Å². The summed E-state index contributed by atoms with van der Waals surface area (Å²) >= 11 is 0. The second-order valence-electron chi connectivity index (χ2n) is 4.15. The van der Waals surface area contributed by atoms with Crippen LogP contribution in [0.3, 0.4) is 0 Å². The lowest BCUT2D eigenvalue weighted by Crippen LogP contribution is -2.31. The number of carboxylic acid groups (broad SMARTS) is 1. The minimum absolute atomic E-state index is 0.119. The van der Waals surface area contributed by atoms with Crippen molar-refractivity contribution in [2.24, 2.45) is 0 Å². The molecule has 1 atom stereocenters. The molecule has 1 heterocycles. The fourth-order valence-electron chi connectivity index (χ4n) is 2.27. The number of aromatic carboxylic acids is 1. The lowest BCUT2D eigenvalue weighted by molar-refractivity contribution is 0.0697. The van der Waals surface area contributed by atoms with Crippen LogP contribution in [0.5, 0.6) is 0 Å². The Labute approximate surface area is 100 Å². The van der Waals surface area contributed by atoms with Gasteiger partial charge in [0.1, 0.15) is 6.04 Å². The van der Waals surface area contributed by atoms with Gasteiger partial charge in [-0.3, -0.25) is 0 Å².